The van der Waals surface area contributed by atoms with Gasteiger partial charge < -0.3 is 4.90 Å². The van der Waals surface area contributed by atoms with E-state index in [1.165, 1.54) is 7.05 Å². The number of halogens is 5. The molecule has 15 heavy (non-hydrogen) atoms. The highest BCUT2D eigenvalue weighted by atomic mass is 35.5. The first-order valence-corrected chi connectivity index (χ1v) is 5.12. The summed E-state index contributed by atoms with van der Waals surface area (Å²) in [5.41, 5.74) is 0.598. The normalized spacial score (nSPS) is 11.0. The van der Waals surface area contributed by atoms with Crippen molar-refractivity contribution in [2.24, 2.45) is 0 Å². The van der Waals surface area contributed by atoms with E-state index in [1.54, 1.807) is 5.38 Å². The minimum absolute atomic E-state index is 0. The molecule has 0 aliphatic rings. The summed E-state index contributed by atoms with van der Waals surface area (Å²) in [6.45, 7) is -0.998. The Labute approximate surface area is 100 Å². The number of hydrogen-bond donors (Lipinski definition) is 0. The Hall–Kier alpha value is -0.200. The van der Waals surface area contributed by atoms with E-state index in [0.717, 1.165) is 16.2 Å². The Morgan fingerprint density at radius 2 is 2.13 bits per heavy atom. The van der Waals surface area contributed by atoms with E-state index >= 15 is 0 Å². The van der Waals surface area contributed by atoms with Gasteiger partial charge in [-0.3, -0.25) is 0 Å². The zero-order valence-corrected chi connectivity index (χ0v) is 10.1. The summed E-state index contributed by atoms with van der Waals surface area (Å²) in [7, 11) is 1.35. The zero-order chi connectivity index (χ0) is 10.8. The molecule has 0 unspecified atom stereocenters. The summed E-state index contributed by atoms with van der Waals surface area (Å²) in [5.74, 6) is 0.219. The molecule has 0 fully saturated rings. The van der Waals surface area contributed by atoms with Crippen molar-refractivity contribution in [3.05, 3.63) is 11.1 Å². The van der Waals surface area contributed by atoms with Gasteiger partial charge in [-0.15, -0.1) is 35.3 Å². The van der Waals surface area contributed by atoms with Gasteiger partial charge >= 0.3 is 6.18 Å². The van der Waals surface area contributed by atoms with Crippen LogP contribution >= 0.6 is 35.3 Å². The molecule has 0 bridgehead atoms. The van der Waals surface area contributed by atoms with Crippen molar-refractivity contribution in [1.82, 2.24) is 4.98 Å². The van der Waals surface area contributed by atoms with Crippen molar-refractivity contribution < 1.29 is 13.2 Å². The highest BCUT2D eigenvalue weighted by Gasteiger charge is 2.30. The number of rotatable bonds is 3. The lowest BCUT2D eigenvalue weighted by Crippen LogP contribution is -2.30. The molecule has 0 aromatic carbocycles. The predicted octanol–water partition coefficient (Wildman–Crippen LogP) is 3.30. The van der Waals surface area contributed by atoms with Gasteiger partial charge in [0.2, 0.25) is 0 Å². The molecule has 8 heteroatoms. The maximum Gasteiger partial charge on any atom is 0.405 e. The average molecular weight is 281 g/mol. The van der Waals surface area contributed by atoms with Crippen molar-refractivity contribution in [3.63, 3.8) is 0 Å². The minimum Gasteiger partial charge on any atom is -0.342 e. The molecule has 0 aliphatic carbocycles. The van der Waals surface area contributed by atoms with Crippen LogP contribution in [0.5, 0.6) is 0 Å². The van der Waals surface area contributed by atoms with Crippen LogP contribution in [0, 0.1) is 0 Å². The summed E-state index contributed by atoms with van der Waals surface area (Å²) in [6, 6.07) is 0. The Kier molecular flexibility index (Phi) is 5.69. The molecule has 1 aromatic rings. The van der Waals surface area contributed by atoms with E-state index in [9.17, 15) is 13.2 Å². The second-order valence-electron chi connectivity index (χ2n) is 2.73. The fourth-order valence-corrected chi connectivity index (χ4v) is 1.89. The lowest BCUT2D eigenvalue weighted by Gasteiger charge is -2.17. The number of alkyl halides is 4. The first-order valence-electron chi connectivity index (χ1n) is 3.70. The molecule has 0 N–H and O–H groups in total. The van der Waals surface area contributed by atoms with Gasteiger partial charge in [-0.25, -0.2) is 4.98 Å². The van der Waals surface area contributed by atoms with Gasteiger partial charge in [0, 0.05) is 12.4 Å². The molecule has 0 saturated carbocycles. The number of aromatic nitrogens is 1. The minimum atomic E-state index is -4.21. The molecular weight excluding hydrogens is 272 g/mol. The van der Waals surface area contributed by atoms with Crippen molar-refractivity contribution in [1.29, 1.82) is 0 Å². The third-order valence-electron chi connectivity index (χ3n) is 1.42. The lowest BCUT2D eigenvalue weighted by atomic mass is 10.5. The van der Waals surface area contributed by atoms with Gasteiger partial charge in [0.25, 0.3) is 0 Å². The molecule has 0 atom stereocenters. The van der Waals surface area contributed by atoms with E-state index < -0.39 is 12.7 Å². The highest BCUT2D eigenvalue weighted by molar-refractivity contribution is 7.13. The molecule has 0 spiro atoms. The van der Waals surface area contributed by atoms with Crippen LogP contribution in [0.15, 0.2) is 5.38 Å². The van der Waals surface area contributed by atoms with E-state index in [1.807, 2.05) is 0 Å². The summed E-state index contributed by atoms with van der Waals surface area (Å²) in [6.07, 6.45) is -4.21. The van der Waals surface area contributed by atoms with Crippen LogP contribution < -0.4 is 4.90 Å². The van der Waals surface area contributed by atoms with E-state index in [-0.39, 0.29) is 18.3 Å². The number of thiazole rings is 1. The average Bonchev–Trinajstić information content (AvgIpc) is 2.48. The number of nitrogens with zero attached hydrogens (tertiary/aromatic N) is 2. The van der Waals surface area contributed by atoms with E-state index in [4.69, 9.17) is 11.6 Å². The molecule has 1 aromatic heterocycles. The topological polar surface area (TPSA) is 16.1 Å². The molecule has 0 saturated heterocycles. The summed E-state index contributed by atoms with van der Waals surface area (Å²) < 4.78 is 36.0. The van der Waals surface area contributed by atoms with Crippen LogP contribution in [0.1, 0.15) is 5.69 Å². The van der Waals surface area contributed by atoms with E-state index in [0.29, 0.717) is 10.8 Å². The number of anilines is 1. The third kappa shape index (κ3) is 4.90. The largest absolute Gasteiger partial charge is 0.405 e. The standard InChI is InChI=1S/C7H8ClF3N2S.ClH/c1-13(4-7(9,10)11)6-12-5(2-8)3-14-6;/h3H,2,4H2,1H3;1H. The first kappa shape index (κ1) is 14.8. The van der Waals surface area contributed by atoms with Gasteiger partial charge in [0.05, 0.1) is 11.6 Å². The Morgan fingerprint density at radius 1 is 1.53 bits per heavy atom. The Balaban J connectivity index is 0.00000196. The summed E-state index contributed by atoms with van der Waals surface area (Å²) >= 11 is 6.63. The molecule has 1 heterocycles. The Morgan fingerprint density at radius 3 is 2.53 bits per heavy atom. The second kappa shape index (κ2) is 5.77. The van der Waals surface area contributed by atoms with Crippen molar-refractivity contribution in [2.45, 2.75) is 12.1 Å². The molecule has 2 nitrogen and oxygen atoms in total. The highest BCUT2D eigenvalue weighted by Crippen LogP contribution is 2.24. The molecule has 88 valence electrons. The van der Waals surface area contributed by atoms with Gasteiger partial charge in [0.1, 0.15) is 6.54 Å². The molecular formula is C7H9Cl2F3N2S. The predicted molar refractivity (Wildman–Crippen MR) is 58.2 cm³/mol. The first-order chi connectivity index (χ1) is 6.42. The summed E-state index contributed by atoms with van der Waals surface area (Å²) in [4.78, 5) is 4.98. The SMILES string of the molecule is CN(CC(F)(F)F)c1nc(CCl)cs1.Cl. The Bertz CT molecular complexity index is 303. The van der Waals surface area contributed by atoms with Crippen molar-refractivity contribution >= 4 is 40.5 Å². The van der Waals surface area contributed by atoms with Gasteiger partial charge in [0.15, 0.2) is 5.13 Å². The van der Waals surface area contributed by atoms with Crippen LogP contribution in [-0.4, -0.2) is 24.8 Å². The summed E-state index contributed by atoms with van der Waals surface area (Å²) in [5, 5.41) is 1.98. The number of hydrogen-bond acceptors (Lipinski definition) is 3. The maximum atomic E-state index is 12.0. The van der Waals surface area contributed by atoms with Crippen LogP contribution in [0.2, 0.25) is 0 Å². The second-order valence-corrected chi connectivity index (χ2v) is 3.83. The van der Waals surface area contributed by atoms with Gasteiger partial charge in [-0.2, -0.15) is 13.2 Å². The van der Waals surface area contributed by atoms with Crippen molar-refractivity contribution in [3.8, 4) is 0 Å². The van der Waals surface area contributed by atoms with Gasteiger partial charge in [-0.1, -0.05) is 0 Å². The molecule has 0 radical (unpaired) electrons. The fraction of sp³-hybridized carbons (Fsp3) is 0.571. The van der Waals surface area contributed by atoms with Gasteiger partial charge in [-0.05, 0) is 0 Å². The molecule has 0 aliphatic heterocycles. The zero-order valence-electron chi connectivity index (χ0n) is 7.71. The van der Waals surface area contributed by atoms with E-state index in [2.05, 4.69) is 4.98 Å². The van der Waals surface area contributed by atoms with Crippen molar-refractivity contribution in [2.75, 3.05) is 18.5 Å². The maximum absolute atomic E-state index is 12.0. The smallest absolute Gasteiger partial charge is 0.342 e. The van der Waals surface area contributed by atoms with Crippen LogP contribution in [0.3, 0.4) is 0 Å². The monoisotopic (exact) mass is 280 g/mol. The fourth-order valence-electron chi connectivity index (χ4n) is 0.870. The van der Waals surface area contributed by atoms with Crippen LogP contribution in [-0.2, 0) is 5.88 Å². The third-order valence-corrected chi connectivity index (χ3v) is 2.70. The lowest BCUT2D eigenvalue weighted by molar-refractivity contribution is -0.119. The quantitative estimate of drug-likeness (QED) is 0.790. The molecule has 1 rings (SSSR count). The van der Waals surface area contributed by atoms with Crippen LogP contribution in [0.4, 0.5) is 18.3 Å². The van der Waals surface area contributed by atoms with Crippen LogP contribution in [0.25, 0.3) is 0 Å². The molecule has 0 amide bonds.